The molecule has 0 aromatic heterocycles. The largest absolute Gasteiger partial charge is 0.381 e. The Kier molecular flexibility index (Phi) is 5.36. The van der Waals surface area contributed by atoms with Gasteiger partial charge >= 0.3 is 0 Å². The van der Waals surface area contributed by atoms with E-state index >= 15 is 0 Å². The molecular formula is C17H32N2O. The third-order valence-corrected chi connectivity index (χ3v) is 5.83. The molecule has 2 saturated heterocycles. The maximum Gasteiger partial charge on any atom is 0.0510 e. The van der Waals surface area contributed by atoms with Crippen LogP contribution >= 0.6 is 0 Å². The molecule has 0 spiro atoms. The summed E-state index contributed by atoms with van der Waals surface area (Å²) in [5.74, 6) is 2.78. The first-order valence-electron chi connectivity index (χ1n) is 8.90. The van der Waals surface area contributed by atoms with E-state index in [0.717, 1.165) is 37.5 Å². The molecular weight excluding hydrogens is 248 g/mol. The van der Waals surface area contributed by atoms with Gasteiger partial charge in [0.1, 0.15) is 0 Å². The van der Waals surface area contributed by atoms with Gasteiger partial charge in [0.05, 0.1) is 6.61 Å². The van der Waals surface area contributed by atoms with E-state index in [1.54, 1.807) is 0 Å². The van der Waals surface area contributed by atoms with Crippen LogP contribution in [-0.2, 0) is 4.74 Å². The molecule has 4 atom stereocenters. The zero-order valence-corrected chi connectivity index (χ0v) is 13.2. The van der Waals surface area contributed by atoms with Gasteiger partial charge in [0.15, 0.2) is 0 Å². The van der Waals surface area contributed by atoms with Crippen molar-refractivity contribution in [2.24, 2.45) is 17.8 Å². The number of piperidine rings is 1. The fourth-order valence-electron chi connectivity index (χ4n) is 4.63. The van der Waals surface area contributed by atoms with Gasteiger partial charge in [-0.3, -0.25) is 0 Å². The summed E-state index contributed by atoms with van der Waals surface area (Å²) in [6.07, 6.45) is 8.65. The highest BCUT2D eigenvalue weighted by Crippen LogP contribution is 2.36. The van der Waals surface area contributed by atoms with Crippen molar-refractivity contribution in [3.8, 4) is 0 Å². The molecule has 3 heteroatoms. The Balaban J connectivity index is 1.52. The molecule has 0 amide bonds. The lowest BCUT2D eigenvalue weighted by atomic mass is 9.75. The first-order chi connectivity index (χ1) is 9.86. The van der Waals surface area contributed by atoms with Gasteiger partial charge in [-0.05, 0) is 44.2 Å². The molecule has 0 aromatic rings. The minimum Gasteiger partial charge on any atom is -0.381 e. The summed E-state index contributed by atoms with van der Waals surface area (Å²) in [5, 5.41) is 3.72. The van der Waals surface area contributed by atoms with Gasteiger partial charge in [-0.1, -0.05) is 26.2 Å². The van der Waals surface area contributed by atoms with Crippen molar-refractivity contribution in [2.45, 2.75) is 51.5 Å². The molecule has 3 fully saturated rings. The predicted molar refractivity (Wildman–Crippen MR) is 82.9 cm³/mol. The summed E-state index contributed by atoms with van der Waals surface area (Å²) in [6, 6.07) is 0.641. The first-order valence-corrected chi connectivity index (χ1v) is 8.90. The maximum atomic E-state index is 5.60. The molecule has 116 valence electrons. The van der Waals surface area contributed by atoms with Crippen molar-refractivity contribution < 1.29 is 4.74 Å². The molecule has 1 aliphatic carbocycles. The molecule has 2 aliphatic heterocycles. The van der Waals surface area contributed by atoms with Crippen molar-refractivity contribution in [3.63, 3.8) is 0 Å². The van der Waals surface area contributed by atoms with Crippen LogP contribution in [0.4, 0.5) is 0 Å². The summed E-state index contributed by atoms with van der Waals surface area (Å²) in [7, 11) is 0. The van der Waals surface area contributed by atoms with Crippen molar-refractivity contribution in [3.05, 3.63) is 0 Å². The number of likely N-dealkylation sites (tertiary alicyclic amines) is 1. The Labute approximate surface area is 124 Å². The lowest BCUT2D eigenvalue weighted by molar-refractivity contribution is 0.0721. The number of rotatable bonds is 5. The number of nitrogens with zero attached hydrogens (tertiary/aromatic N) is 1. The van der Waals surface area contributed by atoms with E-state index in [0.29, 0.717) is 6.04 Å². The second-order valence-corrected chi connectivity index (χ2v) is 7.14. The molecule has 0 radical (unpaired) electrons. The smallest absolute Gasteiger partial charge is 0.0510 e. The number of hydrogen-bond donors (Lipinski definition) is 1. The van der Waals surface area contributed by atoms with Crippen LogP contribution in [0.1, 0.15) is 45.4 Å². The monoisotopic (exact) mass is 280 g/mol. The third kappa shape index (κ3) is 3.55. The Hall–Kier alpha value is -0.120. The number of hydrogen-bond acceptors (Lipinski definition) is 3. The molecule has 1 saturated carbocycles. The highest BCUT2D eigenvalue weighted by molar-refractivity contribution is 4.87. The van der Waals surface area contributed by atoms with Crippen LogP contribution in [0, 0.1) is 17.8 Å². The fourth-order valence-corrected chi connectivity index (χ4v) is 4.63. The zero-order valence-electron chi connectivity index (χ0n) is 13.2. The summed E-state index contributed by atoms with van der Waals surface area (Å²) in [6.45, 7) is 9.19. The quantitative estimate of drug-likeness (QED) is 0.837. The van der Waals surface area contributed by atoms with E-state index in [4.69, 9.17) is 4.74 Å². The normalized spacial score (nSPS) is 36.8. The van der Waals surface area contributed by atoms with Gasteiger partial charge < -0.3 is 15.0 Å². The van der Waals surface area contributed by atoms with Crippen molar-refractivity contribution in [2.75, 3.05) is 39.4 Å². The summed E-state index contributed by atoms with van der Waals surface area (Å²) in [5.41, 5.74) is 0. The van der Waals surface area contributed by atoms with Gasteiger partial charge in [0.2, 0.25) is 0 Å². The molecule has 1 N–H and O–H groups in total. The van der Waals surface area contributed by atoms with E-state index in [2.05, 4.69) is 17.1 Å². The zero-order chi connectivity index (χ0) is 13.8. The Bertz CT molecular complexity index is 291. The molecule has 4 unspecified atom stereocenters. The van der Waals surface area contributed by atoms with Crippen LogP contribution in [0.25, 0.3) is 0 Å². The molecule has 0 bridgehead atoms. The van der Waals surface area contributed by atoms with Gasteiger partial charge in [0, 0.05) is 31.7 Å². The average molecular weight is 280 g/mol. The topological polar surface area (TPSA) is 24.5 Å². The molecule has 2 heterocycles. The maximum absolute atomic E-state index is 5.60. The van der Waals surface area contributed by atoms with Crippen LogP contribution in [0.15, 0.2) is 0 Å². The summed E-state index contributed by atoms with van der Waals surface area (Å²) < 4.78 is 5.60. The van der Waals surface area contributed by atoms with E-state index < -0.39 is 0 Å². The van der Waals surface area contributed by atoms with E-state index in [1.807, 2.05) is 0 Å². The second kappa shape index (κ2) is 7.24. The standard InChI is InChI=1S/C17H32N2O/c1-2-18-17(16-8-10-20-13-16)12-19-9-7-14-5-3-4-6-15(14)11-19/h14-18H,2-13H2,1H3. The van der Waals surface area contributed by atoms with Crippen LogP contribution in [0.2, 0.25) is 0 Å². The average Bonchev–Trinajstić information content (AvgIpc) is 3.01. The predicted octanol–water partition coefficient (Wildman–Crippen LogP) is 2.51. The number of likely N-dealkylation sites (N-methyl/N-ethyl adjacent to an activating group) is 1. The summed E-state index contributed by atoms with van der Waals surface area (Å²) in [4.78, 5) is 2.75. The molecule has 3 rings (SSSR count). The van der Waals surface area contributed by atoms with Crippen molar-refractivity contribution in [1.82, 2.24) is 10.2 Å². The van der Waals surface area contributed by atoms with Crippen molar-refractivity contribution in [1.29, 1.82) is 0 Å². The minimum atomic E-state index is 0.641. The van der Waals surface area contributed by atoms with Crippen LogP contribution in [-0.4, -0.2) is 50.3 Å². The SMILES string of the molecule is CCNC(CN1CCC2CCCCC2C1)C1CCOC1. The van der Waals surface area contributed by atoms with E-state index in [9.17, 15) is 0 Å². The molecule has 0 aromatic carbocycles. The lowest BCUT2D eigenvalue weighted by Crippen LogP contribution is -2.50. The second-order valence-electron chi connectivity index (χ2n) is 7.14. The van der Waals surface area contributed by atoms with Gasteiger partial charge in [0.25, 0.3) is 0 Å². The lowest BCUT2D eigenvalue weighted by Gasteiger charge is -2.43. The minimum absolute atomic E-state index is 0.641. The van der Waals surface area contributed by atoms with Crippen molar-refractivity contribution >= 4 is 0 Å². The van der Waals surface area contributed by atoms with Crippen LogP contribution < -0.4 is 5.32 Å². The Morgan fingerprint density at radius 3 is 2.75 bits per heavy atom. The fraction of sp³-hybridized carbons (Fsp3) is 1.00. The number of fused-ring (bicyclic) bond motifs is 1. The van der Waals surface area contributed by atoms with Gasteiger partial charge in [-0.25, -0.2) is 0 Å². The van der Waals surface area contributed by atoms with Gasteiger partial charge in [-0.2, -0.15) is 0 Å². The molecule has 3 nitrogen and oxygen atoms in total. The highest BCUT2D eigenvalue weighted by Gasteiger charge is 2.33. The van der Waals surface area contributed by atoms with Gasteiger partial charge in [-0.15, -0.1) is 0 Å². The molecule has 3 aliphatic rings. The highest BCUT2D eigenvalue weighted by atomic mass is 16.5. The number of nitrogens with one attached hydrogen (secondary N) is 1. The first kappa shape index (κ1) is 14.8. The molecule has 20 heavy (non-hydrogen) atoms. The van der Waals surface area contributed by atoms with E-state index in [-0.39, 0.29) is 0 Å². The Morgan fingerprint density at radius 2 is 2.00 bits per heavy atom. The Morgan fingerprint density at radius 1 is 1.15 bits per heavy atom. The van der Waals surface area contributed by atoms with E-state index in [1.165, 1.54) is 58.2 Å². The third-order valence-electron chi connectivity index (χ3n) is 5.83. The van der Waals surface area contributed by atoms with Crippen LogP contribution in [0.3, 0.4) is 0 Å². The number of ether oxygens (including phenoxy) is 1. The summed E-state index contributed by atoms with van der Waals surface area (Å²) >= 11 is 0. The van der Waals surface area contributed by atoms with Crippen LogP contribution in [0.5, 0.6) is 0 Å².